The molecule has 0 radical (unpaired) electrons. The summed E-state index contributed by atoms with van der Waals surface area (Å²) >= 11 is 5.95. The van der Waals surface area contributed by atoms with Gasteiger partial charge in [-0.2, -0.15) is 4.98 Å². The molecule has 0 unspecified atom stereocenters. The Morgan fingerprint density at radius 1 is 0.923 bits per heavy atom. The van der Waals surface area contributed by atoms with Gasteiger partial charge in [0, 0.05) is 23.0 Å². The van der Waals surface area contributed by atoms with Crippen LogP contribution in [0, 0.1) is 0 Å². The van der Waals surface area contributed by atoms with Crippen LogP contribution in [-0.4, -0.2) is 16.0 Å². The van der Waals surface area contributed by atoms with Gasteiger partial charge in [-0.25, -0.2) is 4.98 Å². The monoisotopic (exact) mass is 366 g/mol. The largest absolute Gasteiger partial charge is 0.367 e. The molecule has 0 amide bonds. The van der Waals surface area contributed by atoms with Crippen LogP contribution in [0.1, 0.15) is 37.7 Å². The standard InChI is InChI=1S/C21H23ClN4/c22-16-12-10-15(11-13-16)14-23-21-25-19-9-5-4-8-18(19)20(26-21)24-17-6-2-1-3-7-17/h4-5,8-13,17H,1-3,6-7,14H2,(H2,23,24,25,26). The van der Waals surface area contributed by atoms with Crippen LogP contribution in [0.25, 0.3) is 10.9 Å². The van der Waals surface area contributed by atoms with E-state index in [0.717, 1.165) is 27.3 Å². The van der Waals surface area contributed by atoms with Crippen LogP contribution in [0.4, 0.5) is 11.8 Å². The number of benzene rings is 2. The molecular weight excluding hydrogens is 344 g/mol. The smallest absolute Gasteiger partial charge is 0.225 e. The minimum Gasteiger partial charge on any atom is -0.367 e. The molecule has 2 N–H and O–H groups in total. The lowest BCUT2D eigenvalue weighted by Crippen LogP contribution is -2.23. The molecule has 1 aliphatic rings. The van der Waals surface area contributed by atoms with Gasteiger partial charge in [0.2, 0.25) is 5.95 Å². The SMILES string of the molecule is Clc1ccc(CNc2nc(NC3CCCCC3)c3ccccc3n2)cc1. The molecule has 0 atom stereocenters. The van der Waals surface area contributed by atoms with Gasteiger partial charge in [0.25, 0.3) is 0 Å². The van der Waals surface area contributed by atoms with Crippen molar-refractivity contribution in [3.05, 3.63) is 59.1 Å². The van der Waals surface area contributed by atoms with E-state index in [2.05, 4.69) is 21.7 Å². The maximum atomic E-state index is 5.95. The van der Waals surface area contributed by atoms with Crippen LogP contribution in [0.3, 0.4) is 0 Å². The van der Waals surface area contributed by atoms with Gasteiger partial charge in [0.05, 0.1) is 5.52 Å². The van der Waals surface area contributed by atoms with Crippen LogP contribution in [0.5, 0.6) is 0 Å². The molecular formula is C21H23ClN4. The number of nitrogens with one attached hydrogen (secondary N) is 2. The molecule has 26 heavy (non-hydrogen) atoms. The van der Waals surface area contributed by atoms with E-state index in [1.807, 2.05) is 42.5 Å². The first kappa shape index (κ1) is 17.1. The minimum atomic E-state index is 0.506. The quantitative estimate of drug-likeness (QED) is 0.613. The van der Waals surface area contributed by atoms with E-state index in [4.69, 9.17) is 16.6 Å². The second-order valence-electron chi connectivity index (χ2n) is 6.87. The van der Waals surface area contributed by atoms with Crippen LogP contribution >= 0.6 is 11.6 Å². The Labute approximate surface area is 159 Å². The highest BCUT2D eigenvalue weighted by Gasteiger charge is 2.16. The fraction of sp³-hybridized carbons (Fsp3) is 0.333. The number of anilines is 2. The highest BCUT2D eigenvalue weighted by Crippen LogP contribution is 2.26. The Hall–Kier alpha value is -2.33. The van der Waals surface area contributed by atoms with Gasteiger partial charge in [-0.1, -0.05) is 55.1 Å². The van der Waals surface area contributed by atoms with Crippen LogP contribution < -0.4 is 10.6 Å². The molecule has 1 aliphatic carbocycles. The lowest BCUT2D eigenvalue weighted by molar-refractivity contribution is 0.462. The number of hydrogen-bond donors (Lipinski definition) is 2. The predicted molar refractivity (Wildman–Crippen MR) is 109 cm³/mol. The zero-order valence-electron chi connectivity index (χ0n) is 14.7. The van der Waals surface area contributed by atoms with Crippen molar-refractivity contribution in [2.24, 2.45) is 0 Å². The Kier molecular flexibility index (Phi) is 5.21. The predicted octanol–water partition coefficient (Wildman–Crippen LogP) is 5.64. The first-order valence-electron chi connectivity index (χ1n) is 9.29. The summed E-state index contributed by atoms with van der Waals surface area (Å²) in [4.78, 5) is 9.44. The van der Waals surface area contributed by atoms with Crippen molar-refractivity contribution in [3.8, 4) is 0 Å². The zero-order valence-corrected chi connectivity index (χ0v) is 15.5. The summed E-state index contributed by atoms with van der Waals surface area (Å²) in [5.41, 5.74) is 2.10. The number of para-hydroxylation sites is 1. The fourth-order valence-corrected chi connectivity index (χ4v) is 3.62. The normalized spacial score (nSPS) is 15.1. The van der Waals surface area contributed by atoms with Crippen molar-refractivity contribution in [1.82, 2.24) is 9.97 Å². The van der Waals surface area contributed by atoms with Gasteiger partial charge < -0.3 is 10.6 Å². The van der Waals surface area contributed by atoms with E-state index >= 15 is 0 Å². The molecule has 3 aromatic rings. The van der Waals surface area contributed by atoms with E-state index in [9.17, 15) is 0 Å². The Morgan fingerprint density at radius 3 is 2.50 bits per heavy atom. The average molecular weight is 367 g/mol. The van der Waals surface area contributed by atoms with Crippen molar-refractivity contribution in [1.29, 1.82) is 0 Å². The molecule has 0 saturated heterocycles. The summed E-state index contributed by atoms with van der Waals surface area (Å²) in [5.74, 6) is 1.58. The summed E-state index contributed by atoms with van der Waals surface area (Å²) in [6, 6.07) is 16.5. The van der Waals surface area contributed by atoms with Crippen LogP contribution in [-0.2, 0) is 6.54 Å². The molecule has 1 aromatic heterocycles. The zero-order chi connectivity index (χ0) is 17.8. The third kappa shape index (κ3) is 4.07. The molecule has 2 aromatic carbocycles. The highest BCUT2D eigenvalue weighted by molar-refractivity contribution is 6.30. The lowest BCUT2D eigenvalue weighted by Gasteiger charge is -2.24. The van der Waals surface area contributed by atoms with Gasteiger partial charge in [-0.05, 0) is 42.7 Å². The van der Waals surface area contributed by atoms with Gasteiger partial charge >= 0.3 is 0 Å². The number of aromatic nitrogens is 2. The summed E-state index contributed by atoms with van der Waals surface area (Å²) in [6.45, 7) is 0.665. The Balaban J connectivity index is 1.57. The number of fused-ring (bicyclic) bond motifs is 1. The Morgan fingerprint density at radius 2 is 1.69 bits per heavy atom. The Bertz CT molecular complexity index is 873. The molecule has 0 aliphatic heterocycles. The lowest BCUT2D eigenvalue weighted by atomic mass is 9.95. The number of hydrogen-bond acceptors (Lipinski definition) is 4. The maximum absolute atomic E-state index is 5.95. The van der Waals surface area contributed by atoms with Gasteiger partial charge in [-0.3, -0.25) is 0 Å². The first-order valence-corrected chi connectivity index (χ1v) is 9.67. The second-order valence-corrected chi connectivity index (χ2v) is 7.31. The van der Waals surface area contributed by atoms with Crippen molar-refractivity contribution in [2.75, 3.05) is 10.6 Å². The van der Waals surface area contributed by atoms with Gasteiger partial charge in [-0.15, -0.1) is 0 Å². The first-order chi connectivity index (χ1) is 12.8. The molecule has 1 fully saturated rings. The summed E-state index contributed by atoms with van der Waals surface area (Å²) in [6.07, 6.45) is 6.36. The van der Waals surface area contributed by atoms with Crippen LogP contribution in [0.15, 0.2) is 48.5 Å². The maximum Gasteiger partial charge on any atom is 0.225 e. The van der Waals surface area contributed by atoms with E-state index in [1.165, 1.54) is 32.1 Å². The molecule has 134 valence electrons. The highest BCUT2D eigenvalue weighted by atomic mass is 35.5. The van der Waals surface area contributed by atoms with Crippen molar-refractivity contribution in [3.63, 3.8) is 0 Å². The number of nitrogens with zero attached hydrogens (tertiary/aromatic N) is 2. The summed E-state index contributed by atoms with van der Waals surface area (Å²) in [5, 5.41) is 8.83. The second kappa shape index (κ2) is 7.92. The van der Waals surface area contributed by atoms with E-state index in [0.29, 0.717) is 18.5 Å². The third-order valence-corrected chi connectivity index (χ3v) is 5.17. The van der Waals surface area contributed by atoms with Crippen molar-refractivity contribution in [2.45, 2.75) is 44.7 Å². The number of rotatable bonds is 5. The molecule has 0 spiro atoms. The fourth-order valence-electron chi connectivity index (χ4n) is 3.49. The van der Waals surface area contributed by atoms with Gasteiger partial charge in [0.15, 0.2) is 0 Å². The minimum absolute atomic E-state index is 0.506. The molecule has 1 heterocycles. The van der Waals surface area contributed by atoms with Crippen LogP contribution in [0.2, 0.25) is 5.02 Å². The summed E-state index contributed by atoms with van der Waals surface area (Å²) < 4.78 is 0. The summed E-state index contributed by atoms with van der Waals surface area (Å²) in [7, 11) is 0. The molecule has 4 rings (SSSR count). The molecule has 0 bridgehead atoms. The third-order valence-electron chi connectivity index (χ3n) is 4.91. The van der Waals surface area contributed by atoms with E-state index < -0.39 is 0 Å². The molecule has 1 saturated carbocycles. The topological polar surface area (TPSA) is 49.8 Å². The molecule has 5 heteroatoms. The van der Waals surface area contributed by atoms with E-state index in [1.54, 1.807) is 0 Å². The van der Waals surface area contributed by atoms with Crippen molar-refractivity contribution < 1.29 is 0 Å². The number of halogens is 1. The van der Waals surface area contributed by atoms with Crippen molar-refractivity contribution >= 4 is 34.3 Å². The van der Waals surface area contributed by atoms with E-state index in [-0.39, 0.29) is 0 Å². The average Bonchev–Trinajstić information content (AvgIpc) is 2.68. The van der Waals surface area contributed by atoms with Gasteiger partial charge in [0.1, 0.15) is 5.82 Å². The molecule has 4 nitrogen and oxygen atoms in total.